The van der Waals surface area contributed by atoms with Gasteiger partial charge in [0.25, 0.3) is 0 Å². The number of amides is 1. The number of aromatic nitrogens is 2. The molecule has 0 unspecified atom stereocenters. The van der Waals surface area contributed by atoms with Crippen molar-refractivity contribution < 1.29 is 17.6 Å². The number of hydrogen-bond donors (Lipinski definition) is 2. The molecule has 3 aromatic rings. The Balaban J connectivity index is 1.70. The maximum Gasteiger partial charge on any atom is 0.235 e. The van der Waals surface area contributed by atoms with Crippen LogP contribution >= 0.6 is 0 Å². The second kappa shape index (κ2) is 7.23. The van der Waals surface area contributed by atoms with Crippen molar-refractivity contribution in [3.63, 3.8) is 0 Å². The van der Waals surface area contributed by atoms with Gasteiger partial charge in [-0.25, -0.2) is 17.8 Å². The van der Waals surface area contributed by atoms with Crippen molar-refractivity contribution in [2.45, 2.75) is 18.9 Å². The highest BCUT2D eigenvalue weighted by molar-refractivity contribution is 7.92. The molecule has 9 heteroatoms. The second-order valence-corrected chi connectivity index (χ2v) is 8.54. The molecule has 1 amide bonds. The number of halogens is 1. The quantitative estimate of drug-likeness (QED) is 0.566. The maximum atomic E-state index is 12.3. The van der Waals surface area contributed by atoms with Gasteiger partial charge in [-0.2, -0.15) is 0 Å². The van der Waals surface area contributed by atoms with Gasteiger partial charge in [-0.1, -0.05) is 12.1 Å². The lowest BCUT2D eigenvalue weighted by Crippen LogP contribution is -2.24. The van der Waals surface area contributed by atoms with Crippen LogP contribution in [0.25, 0.3) is 22.2 Å². The molecule has 1 saturated carbocycles. The number of sulfonamides is 1. The Kier molecular flexibility index (Phi) is 4.76. The van der Waals surface area contributed by atoms with Crippen LogP contribution < -0.4 is 9.62 Å². The van der Waals surface area contributed by atoms with Crippen molar-refractivity contribution in [2.75, 3.05) is 22.0 Å². The lowest BCUT2D eigenvalue weighted by atomic mass is 10.0. The van der Waals surface area contributed by atoms with Gasteiger partial charge in [0, 0.05) is 23.3 Å². The summed E-state index contributed by atoms with van der Waals surface area (Å²) in [6, 6.07) is 10.8. The summed E-state index contributed by atoms with van der Waals surface area (Å²) in [5, 5.41) is 0.899. The van der Waals surface area contributed by atoms with Gasteiger partial charge in [-0.05, 0) is 48.2 Å². The fourth-order valence-electron chi connectivity index (χ4n) is 3.13. The second-order valence-electron chi connectivity index (χ2n) is 6.70. The number of nitrogens with zero attached hydrogens (tertiary/aromatic N) is 2. The van der Waals surface area contributed by atoms with E-state index in [9.17, 15) is 17.6 Å². The molecular weight excluding hydrogens is 383 g/mol. The average molecular weight is 402 g/mol. The first-order valence-corrected chi connectivity index (χ1v) is 10.5. The highest BCUT2D eigenvalue weighted by Gasteiger charge is 2.30. The average Bonchev–Trinajstić information content (AvgIpc) is 3.38. The fourth-order valence-corrected chi connectivity index (χ4v) is 3.93. The Morgan fingerprint density at radius 1 is 1.25 bits per heavy atom. The fraction of sp³-hybridized carbons (Fsp3) is 0.263. The summed E-state index contributed by atoms with van der Waals surface area (Å²) in [6.45, 7) is -0.938. The first-order valence-electron chi connectivity index (χ1n) is 8.89. The monoisotopic (exact) mass is 402 g/mol. The van der Waals surface area contributed by atoms with E-state index in [2.05, 4.69) is 14.7 Å². The molecule has 4 rings (SSSR count). The van der Waals surface area contributed by atoms with E-state index in [4.69, 9.17) is 0 Å². The SMILES string of the molecule is O=CN(c1cc(-c2ccc(NS(=O)(=O)CCF)cc2)c2cc[nH]c2n1)C1CC1. The van der Waals surface area contributed by atoms with Gasteiger partial charge in [0.05, 0.1) is 5.75 Å². The predicted octanol–water partition coefficient (Wildman–Crippen LogP) is 3.07. The zero-order valence-electron chi connectivity index (χ0n) is 14.9. The third kappa shape index (κ3) is 3.70. The molecular formula is C19H19FN4O3S. The van der Waals surface area contributed by atoms with Gasteiger partial charge in [0.15, 0.2) is 0 Å². The Labute approximate surface area is 161 Å². The normalized spacial score (nSPS) is 14.2. The molecule has 146 valence electrons. The topological polar surface area (TPSA) is 95.2 Å². The summed E-state index contributed by atoms with van der Waals surface area (Å²) in [6.07, 6.45) is 4.52. The van der Waals surface area contributed by atoms with Crippen LogP contribution in [0.4, 0.5) is 15.9 Å². The van der Waals surface area contributed by atoms with Gasteiger partial charge < -0.3 is 4.98 Å². The first-order chi connectivity index (χ1) is 13.5. The zero-order valence-corrected chi connectivity index (χ0v) is 15.7. The van der Waals surface area contributed by atoms with Gasteiger partial charge >= 0.3 is 0 Å². The van der Waals surface area contributed by atoms with Crippen LogP contribution in [0, 0.1) is 0 Å². The van der Waals surface area contributed by atoms with E-state index < -0.39 is 22.5 Å². The largest absolute Gasteiger partial charge is 0.346 e. The van der Waals surface area contributed by atoms with Crippen molar-refractivity contribution in [1.29, 1.82) is 0 Å². The van der Waals surface area contributed by atoms with Crippen molar-refractivity contribution in [3.8, 4) is 11.1 Å². The smallest absolute Gasteiger partial charge is 0.235 e. The summed E-state index contributed by atoms with van der Waals surface area (Å²) in [4.78, 5) is 20.8. The van der Waals surface area contributed by atoms with Crippen LogP contribution in [0.2, 0.25) is 0 Å². The molecule has 7 nitrogen and oxygen atoms in total. The van der Waals surface area contributed by atoms with Crippen LogP contribution in [0.15, 0.2) is 42.6 Å². The Morgan fingerprint density at radius 3 is 2.64 bits per heavy atom. The van der Waals surface area contributed by atoms with Gasteiger partial charge in [-0.15, -0.1) is 0 Å². The van der Waals surface area contributed by atoms with Crippen molar-refractivity contribution in [1.82, 2.24) is 9.97 Å². The molecule has 28 heavy (non-hydrogen) atoms. The molecule has 0 saturated heterocycles. The van der Waals surface area contributed by atoms with E-state index in [-0.39, 0.29) is 6.04 Å². The summed E-state index contributed by atoms with van der Waals surface area (Å²) in [5.74, 6) is 0.00460. The Bertz CT molecular complexity index is 1110. The Hall–Kier alpha value is -2.94. The van der Waals surface area contributed by atoms with E-state index in [0.717, 1.165) is 35.8 Å². The summed E-state index contributed by atoms with van der Waals surface area (Å²) < 4.78 is 38.1. The lowest BCUT2D eigenvalue weighted by molar-refractivity contribution is -0.107. The van der Waals surface area contributed by atoms with Crippen molar-refractivity contribution in [3.05, 3.63) is 42.6 Å². The number of aromatic amines is 1. The number of hydrogen-bond acceptors (Lipinski definition) is 4. The predicted molar refractivity (Wildman–Crippen MR) is 106 cm³/mol. The van der Waals surface area contributed by atoms with Crippen LogP contribution in [0.3, 0.4) is 0 Å². The summed E-state index contributed by atoms with van der Waals surface area (Å²) in [5.41, 5.74) is 2.77. The highest BCUT2D eigenvalue weighted by Crippen LogP contribution is 2.35. The number of pyridine rings is 1. The van der Waals surface area contributed by atoms with Crippen LogP contribution in [0.5, 0.6) is 0 Å². The summed E-state index contributed by atoms with van der Waals surface area (Å²) in [7, 11) is -3.70. The number of anilines is 2. The van der Waals surface area contributed by atoms with Gasteiger partial charge in [0.2, 0.25) is 16.4 Å². The number of H-pyrrole nitrogens is 1. The number of fused-ring (bicyclic) bond motifs is 1. The van der Waals surface area contributed by atoms with E-state index in [1.165, 1.54) is 0 Å². The molecule has 0 radical (unpaired) electrons. The molecule has 1 aliphatic carbocycles. The van der Waals surface area contributed by atoms with Crippen LogP contribution in [0.1, 0.15) is 12.8 Å². The molecule has 0 atom stereocenters. The highest BCUT2D eigenvalue weighted by atomic mass is 32.2. The number of carbonyl (C=O) groups is 1. The minimum Gasteiger partial charge on any atom is -0.346 e. The van der Waals surface area contributed by atoms with Crippen molar-refractivity contribution in [2.24, 2.45) is 0 Å². The van der Waals surface area contributed by atoms with Crippen molar-refractivity contribution >= 4 is 39.0 Å². The molecule has 2 heterocycles. The van der Waals surface area contributed by atoms with Crippen LogP contribution in [-0.4, -0.2) is 43.3 Å². The Morgan fingerprint density at radius 2 is 2.00 bits per heavy atom. The van der Waals surface area contributed by atoms with E-state index in [0.29, 0.717) is 17.2 Å². The summed E-state index contributed by atoms with van der Waals surface area (Å²) >= 11 is 0. The van der Waals surface area contributed by atoms with Gasteiger partial charge in [0.1, 0.15) is 18.1 Å². The first kappa shape index (κ1) is 18.4. The third-order valence-corrected chi connectivity index (χ3v) is 5.89. The standard InChI is InChI=1S/C19H19FN4O3S/c20-8-10-28(26,27)23-14-3-1-13(2-4-14)17-11-18(24(12-25)15-5-6-15)22-19-16(17)7-9-21-19/h1-4,7,9,11-12,15,23H,5-6,8,10H2,(H,21,22). The molecule has 0 spiro atoms. The molecule has 0 bridgehead atoms. The number of alkyl halides is 1. The zero-order chi connectivity index (χ0) is 19.7. The molecule has 1 fully saturated rings. The number of carbonyl (C=O) groups excluding carboxylic acids is 1. The lowest BCUT2D eigenvalue weighted by Gasteiger charge is -2.17. The molecule has 0 aliphatic heterocycles. The third-order valence-electron chi connectivity index (χ3n) is 4.65. The van der Waals surface area contributed by atoms with Crippen LogP contribution in [-0.2, 0) is 14.8 Å². The molecule has 2 aromatic heterocycles. The van der Waals surface area contributed by atoms with Gasteiger partial charge in [-0.3, -0.25) is 14.4 Å². The number of rotatable bonds is 8. The van der Waals surface area contributed by atoms with E-state index in [1.807, 2.05) is 12.1 Å². The number of benzene rings is 1. The number of nitrogens with one attached hydrogen (secondary N) is 2. The molecule has 2 N–H and O–H groups in total. The molecule has 1 aliphatic rings. The van der Waals surface area contributed by atoms with E-state index >= 15 is 0 Å². The minimum absolute atomic E-state index is 0.192. The molecule has 1 aromatic carbocycles. The minimum atomic E-state index is -3.70. The van der Waals surface area contributed by atoms with E-state index in [1.54, 1.807) is 35.4 Å². The maximum absolute atomic E-state index is 12.3.